The Morgan fingerprint density at radius 2 is 2.23 bits per heavy atom. The SMILES string of the molecule is Cl.Clc1ccc(OC2CNC2)cn1. The first kappa shape index (κ1) is 10.6. The molecule has 0 saturated carbocycles. The molecule has 1 saturated heterocycles. The third-order valence-corrected chi connectivity index (χ3v) is 1.97. The predicted octanol–water partition coefficient (Wildman–Crippen LogP) is 1.51. The fourth-order valence-corrected chi connectivity index (χ4v) is 1.08. The van der Waals surface area contributed by atoms with Crippen LogP contribution in [0.15, 0.2) is 18.3 Å². The second kappa shape index (κ2) is 4.65. The van der Waals surface area contributed by atoms with Gasteiger partial charge >= 0.3 is 0 Å². The van der Waals surface area contributed by atoms with Crippen molar-refractivity contribution in [3.05, 3.63) is 23.5 Å². The summed E-state index contributed by atoms with van der Waals surface area (Å²) in [6.45, 7) is 1.84. The van der Waals surface area contributed by atoms with Crippen molar-refractivity contribution in [3.8, 4) is 5.75 Å². The van der Waals surface area contributed by atoms with Crippen LogP contribution in [0.4, 0.5) is 0 Å². The largest absolute Gasteiger partial charge is 0.486 e. The number of ether oxygens (including phenoxy) is 1. The van der Waals surface area contributed by atoms with E-state index in [2.05, 4.69) is 10.3 Å². The number of hydrogen-bond donors (Lipinski definition) is 1. The Kier molecular flexibility index (Phi) is 3.78. The molecule has 1 N–H and O–H groups in total. The molecule has 1 aliphatic heterocycles. The number of halogens is 2. The lowest BCUT2D eigenvalue weighted by Crippen LogP contribution is -2.50. The lowest BCUT2D eigenvalue weighted by Gasteiger charge is -2.27. The van der Waals surface area contributed by atoms with E-state index < -0.39 is 0 Å². The van der Waals surface area contributed by atoms with Crippen LogP contribution in [0, 0.1) is 0 Å². The Hall–Kier alpha value is -0.510. The molecule has 1 aliphatic rings. The van der Waals surface area contributed by atoms with Crippen molar-refractivity contribution in [2.24, 2.45) is 0 Å². The van der Waals surface area contributed by atoms with Gasteiger partial charge in [-0.15, -0.1) is 12.4 Å². The fraction of sp³-hybridized carbons (Fsp3) is 0.375. The smallest absolute Gasteiger partial charge is 0.138 e. The number of hydrogen-bond acceptors (Lipinski definition) is 3. The molecule has 1 fully saturated rings. The van der Waals surface area contributed by atoms with E-state index in [0.29, 0.717) is 11.3 Å². The quantitative estimate of drug-likeness (QED) is 0.768. The van der Waals surface area contributed by atoms with Crippen molar-refractivity contribution in [2.75, 3.05) is 13.1 Å². The molecule has 1 aromatic rings. The van der Waals surface area contributed by atoms with Crippen molar-refractivity contribution in [1.82, 2.24) is 10.3 Å². The summed E-state index contributed by atoms with van der Waals surface area (Å²) in [4.78, 5) is 3.91. The van der Waals surface area contributed by atoms with Crippen LogP contribution in [0.5, 0.6) is 5.75 Å². The van der Waals surface area contributed by atoms with Crippen LogP contribution >= 0.6 is 24.0 Å². The number of aromatic nitrogens is 1. The number of rotatable bonds is 2. The van der Waals surface area contributed by atoms with Crippen molar-refractivity contribution in [3.63, 3.8) is 0 Å². The lowest BCUT2D eigenvalue weighted by atomic mass is 10.2. The predicted molar refractivity (Wildman–Crippen MR) is 53.8 cm³/mol. The highest BCUT2D eigenvalue weighted by Crippen LogP contribution is 2.14. The van der Waals surface area contributed by atoms with E-state index in [9.17, 15) is 0 Å². The van der Waals surface area contributed by atoms with Gasteiger partial charge in [-0.25, -0.2) is 4.98 Å². The third-order valence-electron chi connectivity index (χ3n) is 1.75. The Morgan fingerprint density at radius 3 is 2.69 bits per heavy atom. The van der Waals surface area contributed by atoms with Gasteiger partial charge in [-0.05, 0) is 12.1 Å². The van der Waals surface area contributed by atoms with Gasteiger partial charge in [0.2, 0.25) is 0 Å². The van der Waals surface area contributed by atoms with Gasteiger partial charge in [-0.3, -0.25) is 0 Å². The van der Waals surface area contributed by atoms with E-state index in [1.807, 2.05) is 6.07 Å². The molecule has 72 valence electrons. The van der Waals surface area contributed by atoms with Gasteiger partial charge in [-0.1, -0.05) is 11.6 Å². The zero-order valence-electron chi connectivity index (χ0n) is 6.87. The van der Waals surface area contributed by atoms with Crippen LogP contribution in [-0.2, 0) is 0 Å². The normalized spacial score (nSPS) is 15.8. The van der Waals surface area contributed by atoms with E-state index in [4.69, 9.17) is 16.3 Å². The fourth-order valence-electron chi connectivity index (χ4n) is 0.970. The van der Waals surface area contributed by atoms with Crippen LogP contribution in [0.1, 0.15) is 0 Å². The van der Waals surface area contributed by atoms with Gasteiger partial charge in [0.25, 0.3) is 0 Å². The van der Waals surface area contributed by atoms with Gasteiger partial charge in [0, 0.05) is 13.1 Å². The molecule has 0 bridgehead atoms. The van der Waals surface area contributed by atoms with Gasteiger partial charge in [0.05, 0.1) is 6.20 Å². The van der Waals surface area contributed by atoms with Crippen molar-refractivity contribution in [1.29, 1.82) is 0 Å². The molecule has 13 heavy (non-hydrogen) atoms. The third kappa shape index (κ3) is 2.72. The van der Waals surface area contributed by atoms with Crippen LogP contribution in [0.3, 0.4) is 0 Å². The maximum Gasteiger partial charge on any atom is 0.138 e. The summed E-state index contributed by atoms with van der Waals surface area (Å²) in [6.07, 6.45) is 1.94. The first-order valence-electron chi connectivity index (χ1n) is 3.83. The van der Waals surface area contributed by atoms with E-state index >= 15 is 0 Å². The van der Waals surface area contributed by atoms with E-state index in [0.717, 1.165) is 18.8 Å². The number of nitrogens with zero attached hydrogens (tertiary/aromatic N) is 1. The molecular formula is C8H10Cl2N2O. The van der Waals surface area contributed by atoms with Crippen LogP contribution in [0.2, 0.25) is 5.15 Å². The second-order valence-corrected chi connectivity index (χ2v) is 3.10. The molecule has 0 spiro atoms. The Balaban J connectivity index is 0.000000845. The van der Waals surface area contributed by atoms with E-state index in [1.165, 1.54) is 0 Å². The number of pyridine rings is 1. The molecule has 3 nitrogen and oxygen atoms in total. The molecule has 0 radical (unpaired) electrons. The minimum Gasteiger partial charge on any atom is -0.486 e. The van der Waals surface area contributed by atoms with Crippen LogP contribution in [-0.4, -0.2) is 24.2 Å². The highest BCUT2D eigenvalue weighted by atomic mass is 35.5. The Morgan fingerprint density at radius 1 is 1.46 bits per heavy atom. The zero-order valence-corrected chi connectivity index (χ0v) is 8.44. The lowest BCUT2D eigenvalue weighted by molar-refractivity contribution is 0.142. The molecule has 2 rings (SSSR count). The Bertz CT molecular complexity index is 261. The van der Waals surface area contributed by atoms with Crippen LogP contribution in [0.25, 0.3) is 0 Å². The maximum absolute atomic E-state index is 5.62. The minimum absolute atomic E-state index is 0. The molecule has 0 amide bonds. The highest BCUT2D eigenvalue weighted by Gasteiger charge is 2.17. The zero-order chi connectivity index (χ0) is 8.39. The van der Waals surface area contributed by atoms with Gasteiger partial charge in [0.1, 0.15) is 17.0 Å². The van der Waals surface area contributed by atoms with Crippen molar-refractivity contribution >= 4 is 24.0 Å². The average Bonchev–Trinajstić information content (AvgIpc) is 2.00. The molecule has 0 unspecified atom stereocenters. The summed E-state index contributed by atoms with van der Waals surface area (Å²) >= 11 is 5.62. The standard InChI is InChI=1S/C8H9ClN2O.ClH/c9-8-2-1-6(5-11-8)12-7-3-10-4-7;/h1-2,5,7,10H,3-4H2;1H. The molecule has 0 aromatic carbocycles. The summed E-state index contributed by atoms with van der Waals surface area (Å²) in [5.74, 6) is 0.783. The summed E-state index contributed by atoms with van der Waals surface area (Å²) in [5, 5.41) is 3.62. The van der Waals surface area contributed by atoms with Crippen LogP contribution < -0.4 is 10.1 Å². The van der Waals surface area contributed by atoms with Gasteiger partial charge < -0.3 is 10.1 Å². The summed E-state index contributed by atoms with van der Waals surface area (Å²) < 4.78 is 5.52. The molecule has 0 aliphatic carbocycles. The minimum atomic E-state index is 0. The van der Waals surface area contributed by atoms with Crippen molar-refractivity contribution < 1.29 is 4.74 Å². The number of nitrogens with one attached hydrogen (secondary N) is 1. The molecule has 2 heterocycles. The van der Waals surface area contributed by atoms with Crippen molar-refractivity contribution in [2.45, 2.75) is 6.10 Å². The summed E-state index contributed by atoms with van der Waals surface area (Å²) in [7, 11) is 0. The average molecular weight is 221 g/mol. The second-order valence-electron chi connectivity index (χ2n) is 2.71. The van der Waals surface area contributed by atoms with E-state index in [-0.39, 0.29) is 12.4 Å². The summed E-state index contributed by atoms with van der Waals surface area (Å²) in [5.41, 5.74) is 0. The first-order chi connectivity index (χ1) is 5.84. The first-order valence-corrected chi connectivity index (χ1v) is 4.21. The molecule has 5 heteroatoms. The molecule has 1 aromatic heterocycles. The van der Waals surface area contributed by atoms with Gasteiger partial charge in [-0.2, -0.15) is 0 Å². The highest BCUT2D eigenvalue weighted by molar-refractivity contribution is 6.29. The maximum atomic E-state index is 5.62. The monoisotopic (exact) mass is 220 g/mol. The summed E-state index contributed by atoms with van der Waals surface area (Å²) in [6, 6.07) is 3.55. The van der Waals surface area contributed by atoms with Gasteiger partial charge in [0.15, 0.2) is 0 Å². The van der Waals surface area contributed by atoms with E-state index in [1.54, 1.807) is 12.3 Å². The molecule has 0 atom stereocenters. The molecular weight excluding hydrogens is 211 g/mol. The topological polar surface area (TPSA) is 34.1 Å². The Labute approximate surface area is 87.9 Å².